The third-order valence-corrected chi connectivity index (χ3v) is 9.90. The summed E-state index contributed by atoms with van der Waals surface area (Å²) in [5.74, 6) is 2.15. The van der Waals surface area contributed by atoms with Gasteiger partial charge in [-0.2, -0.15) is 0 Å². The standard InChI is InChI=1S/C23H30N2O/c26-17-5-4-14-10-20-22-7-6-19-21(15(12-22)13-24-19)23(22,18(14)11-17)8-9-25(20)16-2-1-3-16/h4-5,11,15-16,19-21,24,26H,1-3,6-10,12-13H2/t15-,19?,20?,21?,22?,23?/m1/s1. The Morgan fingerprint density at radius 3 is 2.92 bits per heavy atom. The lowest BCUT2D eigenvalue weighted by Gasteiger charge is -2.67. The number of hydrogen-bond donors (Lipinski definition) is 2. The largest absolute Gasteiger partial charge is 0.508 e. The molecule has 0 spiro atoms. The minimum atomic E-state index is 0.335. The Kier molecular flexibility index (Phi) is 2.68. The van der Waals surface area contributed by atoms with E-state index in [1.807, 2.05) is 6.07 Å². The molecule has 2 heterocycles. The van der Waals surface area contributed by atoms with Crippen molar-refractivity contribution < 1.29 is 5.11 Å². The van der Waals surface area contributed by atoms with E-state index in [0.29, 0.717) is 16.6 Å². The third-order valence-electron chi connectivity index (χ3n) is 9.90. The van der Waals surface area contributed by atoms with Crippen LogP contribution in [-0.4, -0.2) is 41.2 Å². The molecule has 2 saturated heterocycles. The number of phenols is 1. The topological polar surface area (TPSA) is 35.5 Å². The van der Waals surface area contributed by atoms with E-state index in [2.05, 4.69) is 22.3 Å². The maximum atomic E-state index is 10.4. The molecule has 1 aromatic rings. The Morgan fingerprint density at radius 1 is 1.15 bits per heavy atom. The molecule has 3 saturated carbocycles. The second-order valence-electron chi connectivity index (χ2n) is 10.3. The summed E-state index contributed by atoms with van der Waals surface area (Å²) in [6.07, 6.45) is 11.1. The first-order valence-corrected chi connectivity index (χ1v) is 11.0. The predicted molar refractivity (Wildman–Crippen MR) is 101 cm³/mol. The van der Waals surface area contributed by atoms with Crippen molar-refractivity contribution in [3.05, 3.63) is 29.3 Å². The van der Waals surface area contributed by atoms with Crippen LogP contribution in [0.2, 0.25) is 0 Å². The summed E-state index contributed by atoms with van der Waals surface area (Å²) in [6.45, 7) is 2.53. The van der Waals surface area contributed by atoms with E-state index in [1.54, 1.807) is 11.1 Å². The van der Waals surface area contributed by atoms with Gasteiger partial charge in [0.05, 0.1) is 0 Å². The van der Waals surface area contributed by atoms with Crippen LogP contribution in [0.5, 0.6) is 5.75 Å². The fraction of sp³-hybridized carbons (Fsp3) is 0.739. The monoisotopic (exact) mass is 350 g/mol. The van der Waals surface area contributed by atoms with Crippen molar-refractivity contribution in [2.45, 2.75) is 74.9 Å². The Bertz CT molecular complexity index is 788. The molecule has 5 unspecified atom stereocenters. The molecule has 6 aliphatic rings. The number of likely N-dealkylation sites (tertiary alicyclic amines) is 1. The summed E-state index contributed by atoms with van der Waals surface area (Å²) >= 11 is 0. The molecule has 7 rings (SSSR count). The number of rotatable bonds is 1. The van der Waals surface area contributed by atoms with Gasteiger partial charge in [-0.05, 0) is 98.5 Å². The van der Waals surface area contributed by atoms with Crippen molar-refractivity contribution in [1.29, 1.82) is 0 Å². The number of aromatic hydroxyl groups is 1. The van der Waals surface area contributed by atoms with Gasteiger partial charge in [0.15, 0.2) is 0 Å². The van der Waals surface area contributed by atoms with Crippen molar-refractivity contribution >= 4 is 0 Å². The molecule has 1 aromatic carbocycles. The SMILES string of the molecule is Oc1ccc2c(c1)C13CCN(C4CCC4)C(C2)C12CCC1NC[C@@H](C2)C13. The Hall–Kier alpha value is -1.06. The minimum Gasteiger partial charge on any atom is -0.508 e. The highest BCUT2D eigenvalue weighted by Gasteiger charge is 2.75. The molecule has 0 radical (unpaired) electrons. The number of nitrogens with one attached hydrogen (secondary N) is 1. The summed E-state index contributed by atoms with van der Waals surface area (Å²) in [4.78, 5) is 2.98. The van der Waals surface area contributed by atoms with Crippen LogP contribution < -0.4 is 5.32 Å². The number of hydrogen-bond acceptors (Lipinski definition) is 3. The molecule has 3 nitrogen and oxygen atoms in total. The maximum Gasteiger partial charge on any atom is 0.115 e. The summed E-state index contributed by atoms with van der Waals surface area (Å²) in [7, 11) is 0. The zero-order chi connectivity index (χ0) is 17.1. The second-order valence-corrected chi connectivity index (χ2v) is 10.3. The van der Waals surface area contributed by atoms with E-state index in [9.17, 15) is 5.11 Å². The Labute approximate surface area is 156 Å². The second kappa shape index (κ2) is 4.67. The van der Waals surface area contributed by atoms with E-state index >= 15 is 0 Å². The number of fused-ring (bicyclic) bond motifs is 1. The molecule has 4 bridgehead atoms. The van der Waals surface area contributed by atoms with E-state index in [-0.39, 0.29) is 0 Å². The number of piperidine rings is 1. The molecule has 4 aliphatic carbocycles. The molecule has 3 heteroatoms. The lowest BCUT2D eigenvalue weighted by atomic mass is 9.43. The summed E-state index contributed by atoms with van der Waals surface area (Å²) < 4.78 is 0. The zero-order valence-corrected chi connectivity index (χ0v) is 15.6. The Morgan fingerprint density at radius 2 is 2.08 bits per heavy atom. The van der Waals surface area contributed by atoms with Crippen molar-refractivity contribution in [3.63, 3.8) is 0 Å². The fourth-order valence-corrected chi connectivity index (χ4v) is 9.04. The maximum absolute atomic E-state index is 10.4. The van der Waals surface area contributed by atoms with Gasteiger partial charge in [-0.15, -0.1) is 0 Å². The van der Waals surface area contributed by atoms with E-state index in [1.165, 1.54) is 64.5 Å². The summed E-state index contributed by atoms with van der Waals surface area (Å²) in [6, 6.07) is 8.73. The average molecular weight is 351 g/mol. The molecule has 5 fully saturated rings. The molecule has 2 N–H and O–H groups in total. The number of phenolic OH excluding ortho intramolecular Hbond substituents is 1. The Balaban J connectivity index is 1.48. The van der Waals surface area contributed by atoms with Crippen LogP contribution in [0.15, 0.2) is 18.2 Å². The van der Waals surface area contributed by atoms with Crippen LogP contribution in [0, 0.1) is 17.3 Å². The predicted octanol–water partition coefficient (Wildman–Crippen LogP) is 3.20. The molecule has 0 amide bonds. The first-order valence-electron chi connectivity index (χ1n) is 11.0. The van der Waals surface area contributed by atoms with Crippen molar-refractivity contribution in [1.82, 2.24) is 10.2 Å². The highest BCUT2D eigenvalue weighted by atomic mass is 16.3. The normalized spacial score (nSPS) is 48.8. The van der Waals surface area contributed by atoms with Crippen LogP contribution in [0.4, 0.5) is 0 Å². The van der Waals surface area contributed by atoms with E-state index in [4.69, 9.17) is 0 Å². The summed E-state index contributed by atoms with van der Waals surface area (Å²) in [5.41, 5.74) is 3.93. The molecule has 26 heavy (non-hydrogen) atoms. The van der Waals surface area contributed by atoms with Gasteiger partial charge >= 0.3 is 0 Å². The highest BCUT2D eigenvalue weighted by Crippen LogP contribution is 2.74. The number of nitrogens with zero attached hydrogens (tertiary/aromatic N) is 1. The molecule has 2 aliphatic heterocycles. The van der Waals surface area contributed by atoms with Gasteiger partial charge in [0.1, 0.15) is 5.75 Å². The van der Waals surface area contributed by atoms with Crippen LogP contribution >= 0.6 is 0 Å². The van der Waals surface area contributed by atoms with Crippen molar-refractivity contribution in [2.75, 3.05) is 13.1 Å². The van der Waals surface area contributed by atoms with Crippen LogP contribution in [-0.2, 0) is 11.8 Å². The van der Waals surface area contributed by atoms with Crippen LogP contribution in [0.25, 0.3) is 0 Å². The lowest BCUT2D eigenvalue weighted by Crippen LogP contribution is -2.71. The summed E-state index contributed by atoms with van der Waals surface area (Å²) in [5, 5.41) is 14.3. The molecular formula is C23H30N2O. The molecule has 138 valence electrons. The zero-order valence-electron chi connectivity index (χ0n) is 15.6. The fourth-order valence-electron chi connectivity index (χ4n) is 9.04. The molecule has 6 atom stereocenters. The van der Waals surface area contributed by atoms with E-state index in [0.717, 1.165) is 30.0 Å². The van der Waals surface area contributed by atoms with Gasteiger partial charge in [0.25, 0.3) is 0 Å². The van der Waals surface area contributed by atoms with Crippen LogP contribution in [0.1, 0.15) is 56.1 Å². The first kappa shape index (κ1) is 14.9. The average Bonchev–Trinajstić information content (AvgIpc) is 3.06. The highest BCUT2D eigenvalue weighted by molar-refractivity contribution is 5.50. The quantitative estimate of drug-likeness (QED) is 0.816. The first-order chi connectivity index (χ1) is 12.7. The molecular weight excluding hydrogens is 320 g/mol. The van der Waals surface area contributed by atoms with Gasteiger partial charge in [-0.3, -0.25) is 4.90 Å². The van der Waals surface area contributed by atoms with Crippen molar-refractivity contribution in [3.8, 4) is 5.75 Å². The number of benzene rings is 1. The van der Waals surface area contributed by atoms with E-state index < -0.39 is 0 Å². The van der Waals surface area contributed by atoms with Crippen LogP contribution in [0.3, 0.4) is 0 Å². The smallest absolute Gasteiger partial charge is 0.115 e. The van der Waals surface area contributed by atoms with Gasteiger partial charge in [0.2, 0.25) is 0 Å². The van der Waals surface area contributed by atoms with Gasteiger partial charge in [-0.25, -0.2) is 0 Å². The minimum absolute atomic E-state index is 0.335. The third kappa shape index (κ3) is 1.46. The van der Waals surface area contributed by atoms with Gasteiger partial charge in [0, 0.05) is 23.5 Å². The molecule has 0 aromatic heterocycles. The van der Waals surface area contributed by atoms with Crippen molar-refractivity contribution in [2.24, 2.45) is 17.3 Å². The lowest BCUT2D eigenvalue weighted by molar-refractivity contribution is -0.117. The van der Waals surface area contributed by atoms with Gasteiger partial charge < -0.3 is 10.4 Å². The van der Waals surface area contributed by atoms with Gasteiger partial charge in [-0.1, -0.05) is 12.5 Å².